The monoisotopic (exact) mass is 265 g/mol. The van der Waals surface area contributed by atoms with E-state index in [0.717, 1.165) is 42.5 Å². The Bertz CT molecular complexity index is 580. The fourth-order valence-electron chi connectivity index (χ4n) is 2.41. The number of carbonyl (C=O) groups is 1. The quantitative estimate of drug-likeness (QED) is 0.691. The van der Waals surface area contributed by atoms with Gasteiger partial charge in [-0.3, -0.25) is 18.8 Å². The molecule has 0 amide bonds. The molecule has 1 aromatic rings. The number of aldehydes is 1. The van der Waals surface area contributed by atoms with Gasteiger partial charge in [0.15, 0.2) is 0 Å². The minimum absolute atomic E-state index is 0.156. The van der Waals surface area contributed by atoms with Crippen LogP contribution in [-0.2, 0) is 25.4 Å². The smallest absolute Gasteiger partial charge is 0.303 e. The first-order chi connectivity index (χ1) is 9.02. The molecule has 0 saturated carbocycles. The van der Waals surface area contributed by atoms with Crippen LogP contribution in [0.15, 0.2) is 15.7 Å². The molecule has 0 unspecified atom stereocenters. The third kappa shape index (κ3) is 2.84. The van der Waals surface area contributed by atoms with Crippen LogP contribution < -0.4 is 11.2 Å². The van der Waals surface area contributed by atoms with Crippen molar-refractivity contribution in [1.82, 2.24) is 14.0 Å². The van der Waals surface area contributed by atoms with Gasteiger partial charge >= 0.3 is 5.69 Å². The standard InChI is InChI=1S/C13H19N3O3/c1-14-11(7-12(18)15(2)13(14)19)8-16-5-3-10(9-17)4-6-16/h7,9-10H,3-6,8H2,1-2H3. The molecule has 1 aliphatic rings. The van der Waals surface area contributed by atoms with Crippen molar-refractivity contribution in [3.05, 3.63) is 32.6 Å². The van der Waals surface area contributed by atoms with Crippen molar-refractivity contribution in [3.63, 3.8) is 0 Å². The molecule has 6 heteroatoms. The van der Waals surface area contributed by atoms with E-state index < -0.39 is 0 Å². The van der Waals surface area contributed by atoms with Crippen molar-refractivity contribution in [2.24, 2.45) is 20.0 Å². The predicted octanol–water partition coefficient (Wildman–Crippen LogP) is -0.505. The van der Waals surface area contributed by atoms with Gasteiger partial charge in [0, 0.05) is 38.3 Å². The zero-order valence-electron chi connectivity index (χ0n) is 11.3. The average Bonchev–Trinajstić information content (AvgIpc) is 2.43. The van der Waals surface area contributed by atoms with Gasteiger partial charge in [0.1, 0.15) is 6.29 Å². The molecule has 0 radical (unpaired) electrons. The number of piperidine rings is 1. The van der Waals surface area contributed by atoms with E-state index in [2.05, 4.69) is 4.90 Å². The number of carbonyl (C=O) groups excluding carboxylic acids is 1. The molecule has 1 aliphatic heterocycles. The molecular weight excluding hydrogens is 246 g/mol. The van der Waals surface area contributed by atoms with Crippen LogP contribution in [0.25, 0.3) is 0 Å². The summed E-state index contributed by atoms with van der Waals surface area (Å²) in [6.45, 7) is 2.23. The first-order valence-corrected chi connectivity index (χ1v) is 6.46. The Kier molecular flexibility index (Phi) is 3.99. The molecular formula is C13H19N3O3. The van der Waals surface area contributed by atoms with Crippen LogP contribution in [0.1, 0.15) is 18.5 Å². The fraction of sp³-hybridized carbons (Fsp3) is 0.615. The summed E-state index contributed by atoms with van der Waals surface area (Å²) in [4.78, 5) is 36.3. The van der Waals surface area contributed by atoms with Crippen LogP contribution in [0.2, 0.25) is 0 Å². The Labute approximate surface area is 111 Å². The lowest BCUT2D eigenvalue weighted by atomic mass is 9.98. The van der Waals surface area contributed by atoms with Gasteiger partial charge in [-0.05, 0) is 25.9 Å². The Hall–Kier alpha value is -1.69. The molecule has 1 fully saturated rings. The number of aromatic nitrogens is 2. The minimum atomic E-state index is -0.301. The van der Waals surface area contributed by atoms with Gasteiger partial charge < -0.3 is 4.79 Å². The van der Waals surface area contributed by atoms with Gasteiger partial charge in [0.2, 0.25) is 0 Å². The first-order valence-electron chi connectivity index (χ1n) is 6.46. The number of nitrogens with zero attached hydrogens (tertiary/aromatic N) is 3. The van der Waals surface area contributed by atoms with E-state index in [9.17, 15) is 14.4 Å². The highest BCUT2D eigenvalue weighted by Crippen LogP contribution is 2.16. The third-order valence-electron chi connectivity index (χ3n) is 3.84. The van der Waals surface area contributed by atoms with Gasteiger partial charge in [-0.1, -0.05) is 0 Å². The average molecular weight is 265 g/mol. The van der Waals surface area contributed by atoms with Crippen molar-refractivity contribution >= 4 is 6.29 Å². The number of likely N-dealkylation sites (tertiary alicyclic amines) is 1. The molecule has 0 bridgehead atoms. The van der Waals surface area contributed by atoms with E-state index >= 15 is 0 Å². The summed E-state index contributed by atoms with van der Waals surface area (Å²) < 4.78 is 2.61. The van der Waals surface area contributed by atoms with Crippen LogP contribution >= 0.6 is 0 Å². The lowest BCUT2D eigenvalue weighted by Gasteiger charge is -2.29. The lowest BCUT2D eigenvalue weighted by Crippen LogP contribution is -2.41. The molecule has 0 N–H and O–H groups in total. The Morgan fingerprint density at radius 1 is 1.21 bits per heavy atom. The van der Waals surface area contributed by atoms with E-state index in [4.69, 9.17) is 0 Å². The SMILES string of the molecule is Cn1c(CN2CCC(C=O)CC2)cc(=O)n(C)c1=O. The number of hydrogen-bond acceptors (Lipinski definition) is 4. The van der Waals surface area contributed by atoms with Crippen molar-refractivity contribution in [2.45, 2.75) is 19.4 Å². The highest BCUT2D eigenvalue weighted by molar-refractivity contribution is 5.53. The van der Waals surface area contributed by atoms with E-state index in [1.165, 1.54) is 17.7 Å². The second kappa shape index (κ2) is 5.52. The van der Waals surface area contributed by atoms with Crippen LogP contribution in [0.4, 0.5) is 0 Å². The molecule has 2 rings (SSSR count). The highest BCUT2D eigenvalue weighted by atomic mass is 16.2. The van der Waals surface area contributed by atoms with E-state index in [-0.39, 0.29) is 17.2 Å². The zero-order valence-corrected chi connectivity index (χ0v) is 11.3. The molecule has 6 nitrogen and oxygen atoms in total. The normalized spacial score (nSPS) is 17.6. The lowest BCUT2D eigenvalue weighted by molar-refractivity contribution is -0.112. The van der Waals surface area contributed by atoms with Crippen molar-refractivity contribution < 1.29 is 4.79 Å². The highest BCUT2D eigenvalue weighted by Gasteiger charge is 2.19. The zero-order chi connectivity index (χ0) is 14.0. The van der Waals surface area contributed by atoms with Crippen molar-refractivity contribution in [2.75, 3.05) is 13.1 Å². The molecule has 104 valence electrons. The summed E-state index contributed by atoms with van der Waals surface area (Å²) in [6.07, 6.45) is 2.72. The van der Waals surface area contributed by atoms with Crippen molar-refractivity contribution in [1.29, 1.82) is 0 Å². The Morgan fingerprint density at radius 2 is 1.84 bits per heavy atom. The molecule has 1 saturated heterocycles. The number of rotatable bonds is 3. The molecule has 0 aromatic carbocycles. The maximum absolute atomic E-state index is 11.8. The molecule has 0 spiro atoms. The molecule has 1 aromatic heterocycles. The summed E-state index contributed by atoms with van der Waals surface area (Å²) in [5, 5.41) is 0. The van der Waals surface area contributed by atoms with E-state index in [0.29, 0.717) is 6.54 Å². The second-order valence-corrected chi connectivity index (χ2v) is 5.12. The number of hydrogen-bond donors (Lipinski definition) is 0. The van der Waals surface area contributed by atoms with Crippen LogP contribution in [-0.4, -0.2) is 33.4 Å². The van der Waals surface area contributed by atoms with Gasteiger partial charge in [0.25, 0.3) is 5.56 Å². The third-order valence-corrected chi connectivity index (χ3v) is 3.84. The van der Waals surface area contributed by atoms with Crippen molar-refractivity contribution in [3.8, 4) is 0 Å². The Balaban J connectivity index is 2.15. The molecule has 0 aliphatic carbocycles. The van der Waals surface area contributed by atoms with Crippen LogP contribution in [0.5, 0.6) is 0 Å². The second-order valence-electron chi connectivity index (χ2n) is 5.12. The van der Waals surface area contributed by atoms with Gasteiger partial charge in [-0.15, -0.1) is 0 Å². The van der Waals surface area contributed by atoms with Crippen LogP contribution in [0, 0.1) is 5.92 Å². The summed E-state index contributed by atoms with van der Waals surface area (Å²) in [5.41, 5.74) is 0.142. The topological polar surface area (TPSA) is 64.3 Å². The molecule has 2 heterocycles. The predicted molar refractivity (Wildman–Crippen MR) is 71.0 cm³/mol. The van der Waals surface area contributed by atoms with E-state index in [1.54, 1.807) is 7.05 Å². The Morgan fingerprint density at radius 3 is 2.42 bits per heavy atom. The summed E-state index contributed by atoms with van der Waals surface area (Å²) in [5.74, 6) is 0.156. The minimum Gasteiger partial charge on any atom is -0.303 e. The van der Waals surface area contributed by atoms with Crippen LogP contribution in [0.3, 0.4) is 0 Å². The maximum Gasteiger partial charge on any atom is 0.330 e. The summed E-state index contributed by atoms with van der Waals surface area (Å²) >= 11 is 0. The maximum atomic E-state index is 11.8. The molecule has 0 atom stereocenters. The van der Waals surface area contributed by atoms with Gasteiger partial charge in [-0.25, -0.2) is 4.79 Å². The summed E-state index contributed by atoms with van der Waals surface area (Å²) in [6, 6.07) is 1.51. The largest absolute Gasteiger partial charge is 0.330 e. The molecule has 19 heavy (non-hydrogen) atoms. The summed E-state index contributed by atoms with van der Waals surface area (Å²) in [7, 11) is 3.15. The van der Waals surface area contributed by atoms with Gasteiger partial charge in [0.05, 0.1) is 0 Å². The van der Waals surface area contributed by atoms with Gasteiger partial charge in [-0.2, -0.15) is 0 Å². The van der Waals surface area contributed by atoms with E-state index in [1.807, 2.05) is 0 Å². The first kappa shape index (κ1) is 13.7. The fourth-order valence-corrected chi connectivity index (χ4v) is 2.41.